The first-order valence-electron chi connectivity index (χ1n) is 6.17. The van der Waals surface area contributed by atoms with Crippen molar-refractivity contribution in [1.82, 2.24) is 0 Å². The van der Waals surface area contributed by atoms with Crippen molar-refractivity contribution in [3.63, 3.8) is 0 Å². The number of hydrogen-bond donors (Lipinski definition) is 0. The van der Waals surface area contributed by atoms with Crippen molar-refractivity contribution in [3.05, 3.63) is 0 Å². The van der Waals surface area contributed by atoms with E-state index in [0.717, 1.165) is 19.1 Å². The lowest BCUT2D eigenvalue weighted by Gasteiger charge is -2.05. The molecule has 2 unspecified atom stereocenters. The second-order valence-electron chi connectivity index (χ2n) is 5.19. The van der Waals surface area contributed by atoms with Gasteiger partial charge in [-0.15, -0.1) is 0 Å². The summed E-state index contributed by atoms with van der Waals surface area (Å²) < 4.78 is 5.18. The molecule has 2 atom stereocenters. The van der Waals surface area contributed by atoms with Gasteiger partial charge in [-0.05, 0) is 11.8 Å². The van der Waals surface area contributed by atoms with Crippen LogP contribution in [0, 0.1) is 17.3 Å². The lowest BCUT2D eigenvalue weighted by atomic mass is 10.1. The number of rotatable bonds is 7. The summed E-state index contributed by atoms with van der Waals surface area (Å²) >= 11 is 0. The molecule has 1 fully saturated rings. The van der Waals surface area contributed by atoms with Gasteiger partial charge >= 0.3 is 5.97 Å². The number of unbranched alkanes of at least 4 members (excludes halogenated alkanes) is 3. The average Bonchev–Trinajstić information content (AvgIpc) is 2.80. The molecule has 0 aromatic rings. The Labute approximate surface area is 97.5 Å². The highest BCUT2D eigenvalue weighted by atomic mass is 16.5. The molecule has 3 heteroatoms. The van der Waals surface area contributed by atoms with Gasteiger partial charge in [0.25, 0.3) is 0 Å². The molecular formula is C13H22O3. The fourth-order valence-electron chi connectivity index (χ4n) is 2.17. The summed E-state index contributed by atoms with van der Waals surface area (Å²) in [6.45, 7) is 6.52. The Balaban J connectivity index is 2.19. The van der Waals surface area contributed by atoms with E-state index in [-0.39, 0.29) is 23.2 Å². The van der Waals surface area contributed by atoms with Crippen LogP contribution in [-0.4, -0.2) is 18.9 Å². The Hall–Kier alpha value is -0.860. The molecule has 0 aromatic heterocycles. The number of aldehydes is 1. The van der Waals surface area contributed by atoms with E-state index in [1.807, 2.05) is 13.8 Å². The minimum Gasteiger partial charge on any atom is -0.465 e. The second kappa shape index (κ2) is 5.46. The predicted octanol–water partition coefficient (Wildman–Crippen LogP) is 2.58. The molecule has 3 nitrogen and oxygen atoms in total. The smallest absolute Gasteiger partial charge is 0.310 e. The second-order valence-corrected chi connectivity index (χ2v) is 5.19. The Morgan fingerprint density at radius 1 is 1.31 bits per heavy atom. The van der Waals surface area contributed by atoms with Crippen molar-refractivity contribution >= 4 is 12.3 Å². The molecule has 1 aliphatic carbocycles. The van der Waals surface area contributed by atoms with Gasteiger partial charge in [-0.1, -0.05) is 40.0 Å². The van der Waals surface area contributed by atoms with Gasteiger partial charge in [-0.25, -0.2) is 0 Å². The van der Waals surface area contributed by atoms with Crippen molar-refractivity contribution in [3.8, 4) is 0 Å². The normalized spacial score (nSPS) is 26.2. The average molecular weight is 226 g/mol. The first kappa shape index (κ1) is 13.2. The molecule has 1 rings (SSSR count). The van der Waals surface area contributed by atoms with Gasteiger partial charge < -0.3 is 9.53 Å². The maximum Gasteiger partial charge on any atom is 0.310 e. The van der Waals surface area contributed by atoms with Gasteiger partial charge in [0.15, 0.2) is 0 Å². The molecule has 0 saturated heterocycles. The molecule has 0 radical (unpaired) electrons. The van der Waals surface area contributed by atoms with Crippen LogP contribution in [0.15, 0.2) is 0 Å². The summed E-state index contributed by atoms with van der Waals surface area (Å²) in [6, 6.07) is 0. The molecule has 16 heavy (non-hydrogen) atoms. The fraction of sp³-hybridized carbons (Fsp3) is 0.846. The largest absolute Gasteiger partial charge is 0.465 e. The molecule has 0 aliphatic heterocycles. The summed E-state index contributed by atoms with van der Waals surface area (Å²) in [4.78, 5) is 22.3. The lowest BCUT2D eigenvalue weighted by molar-refractivity contribution is -0.146. The van der Waals surface area contributed by atoms with Gasteiger partial charge in [0.2, 0.25) is 0 Å². The van der Waals surface area contributed by atoms with Crippen molar-refractivity contribution in [2.45, 2.75) is 46.5 Å². The van der Waals surface area contributed by atoms with Crippen LogP contribution in [-0.2, 0) is 14.3 Å². The van der Waals surface area contributed by atoms with Crippen LogP contribution >= 0.6 is 0 Å². The van der Waals surface area contributed by atoms with Crippen molar-refractivity contribution in [2.75, 3.05) is 6.61 Å². The van der Waals surface area contributed by atoms with E-state index < -0.39 is 0 Å². The number of carbonyl (C=O) groups excluding carboxylic acids is 2. The maximum atomic E-state index is 11.6. The summed E-state index contributed by atoms with van der Waals surface area (Å²) in [7, 11) is 0. The van der Waals surface area contributed by atoms with E-state index in [2.05, 4.69) is 6.92 Å². The highest BCUT2D eigenvalue weighted by molar-refractivity contribution is 5.84. The van der Waals surface area contributed by atoms with Gasteiger partial charge in [-0.3, -0.25) is 4.79 Å². The van der Waals surface area contributed by atoms with Crippen molar-refractivity contribution < 1.29 is 14.3 Å². The van der Waals surface area contributed by atoms with E-state index in [0.29, 0.717) is 6.61 Å². The third kappa shape index (κ3) is 2.83. The molecule has 92 valence electrons. The zero-order valence-corrected chi connectivity index (χ0v) is 10.5. The highest BCUT2D eigenvalue weighted by Crippen LogP contribution is 2.57. The Bertz CT molecular complexity index is 258. The molecule has 1 saturated carbocycles. The number of hydrogen-bond acceptors (Lipinski definition) is 3. The van der Waals surface area contributed by atoms with Crippen LogP contribution < -0.4 is 0 Å². The van der Waals surface area contributed by atoms with Crippen LogP contribution in [0.3, 0.4) is 0 Å². The quantitative estimate of drug-likeness (QED) is 0.381. The molecule has 1 aliphatic rings. The molecule has 0 bridgehead atoms. The number of ether oxygens (including phenoxy) is 1. The van der Waals surface area contributed by atoms with Gasteiger partial charge in [0, 0.05) is 5.92 Å². The first-order valence-corrected chi connectivity index (χ1v) is 6.17. The van der Waals surface area contributed by atoms with Gasteiger partial charge in [-0.2, -0.15) is 0 Å². The van der Waals surface area contributed by atoms with E-state index >= 15 is 0 Å². The fourth-order valence-corrected chi connectivity index (χ4v) is 2.17. The third-order valence-corrected chi connectivity index (χ3v) is 3.55. The first-order chi connectivity index (χ1) is 7.55. The van der Waals surface area contributed by atoms with Gasteiger partial charge in [0.1, 0.15) is 6.29 Å². The van der Waals surface area contributed by atoms with Crippen LogP contribution in [0.4, 0.5) is 0 Å². The number of carbonyl (C=O) groups is 2. The number of esters is 1. The standard InChI is InChI=1S/C13H22O3/c1-4-5-6-7-8-16-12(15)11-10(9-14)13(11,2)3/h9-11H,4-8H2,1-3H3. The van der Waals surface area contributed by atoms with E-state index in [9.17, 15) is 9.59 Å². The molecule has 0 spiro atoms. The van der Waals surface area contributed by atoms with E-state index in [1.54, 1.807) is 0 Å². The van der Waals surface area contributed by atoms with Crippen molar-refractivity contribution in [2.24, 2.45) is 17.3 Å². The summed E-state index contributed by atoms with van der Waals surface area (Å²) in [5.41, 5.74) is -0.192. The maximum absolute atomic E-state index is 11.6. The van der Waals surface area contributed by atoms with Crippen LogP contribution in [0.2, 0.25) is 0 Å². The monoisotopic (exact) mass is 226 g/mol. The molecule has 0 heterocycles. The van der Waals surface area contributed by atoms with Crippen LogP contribution in [0.5, 0.6) is 0 Å². The highest BCUT2D eigenvalue weighted by Gasteiger charge is 2.62. The molecular weight excluding hydrogens is 204 g/mol. The zero-order chi connectivity index (χ0) is 12.2. The minimum absolute atomic E-state index is 0.143. The summed E-state index contributed by atoms with van der Waals surface area (Å²) in [6.07, 6.45) is 5.27. The van der Waals surface area contributed by atoms with Gasteiger partial charge in [0.05, 0.1) is 12.5 Å². The Kier molecular flexibility index (Phi) is 4.51. The third-order valence-electron chi connectivity index (χ3n) is 3.55. The summed E-state index contributed by atoms with van der Waals surface area (Å²) in [5, 5.41) is 0. The Morgan fingerprint density at radius 2 is 2.00 bits per heavy atom. The van der Waals surface area contributed by atoms with Crippen LogP contribution in [0.1, 0.15) is 46.5 Å². The molecule has 0 amide bonds. The van der Waals surface area contributed by atoms with E-state index in [4.69, 9.17) is 4.74 Å². The predicted molar refractivity (Wildman–Crippen MR) is 61.9 cm³/mol. The lowest BCUT2D eigenvalue weighted by Crippen LogP contribution is -2.11. The van der Waals surface area contributed by atoms with Crippen molar-refractivity contribution in [1.29, 1.82) is 0 Å². The molecule has 0 N–H and O–H groups in total. The zero-order valence-electron chi connectivity index (χ0n) is 10.5. The molecule has 0 aromatic carbocycles. The summed E-state index contributed by atoms with van der Waals surface area (Å²) in [5.74, 6) is -0.551. The topological polar surface area (TPSA) is 43.4 Å². The minimum atomic E-state index is -0.212. The Morgan fingerprint density at radius 3 is 2.50 bits per heavy atom. The SMILES string of the molecule is CCCCCCOC(=O)C1C(C=O)C1(C)C. The van der Waals surface area contributed by atoms with E-state index in [1.165, 1.54) is 12.8 Å². The van der Waals surface area contributed by atoms with Crippen LogP contribution in [0.25, 0.3) is 0 Å².